The number of halogens is 2. The number of rotatable bonds is 3. The average Bonchev–Trinajstić information content (AvgIpc) is 2.64. The number of nitrogens with zero attached hydrogens (tertiary/aromatic N) is 1. The lowest BCUT2D eigenvalue weighted by atomic mass is 10.0. The number of benzene rings is 1. The van der Waals surface area contributed by atoms with Gasteiger partial charge >= 0.3 is 0 Å². The molecular formula is C12H13ClFN3. The predicted molar refractivity (Wildman–Crippen MR) is 66.6 cm³/mol. The van der Waals surface area contributed by atoms with Gasteiger partial charge in [-0.2, -0.15) is 5.10 Å². The molecule has 0 saturated heterocycles. The number of aromatic amines is 1. The molecule has 0 saturated carbocycles. The molecule has 2 aromatic rings. The fraction of sp³-hybridized carbons (Fsp3) is 0.250. The third-order valence-corrected chi connectivity index (χ3v) is 2.94. The van der Waals surface area contributed by atoms with Crippen molar-refractivity contribution in [3.63, 3.8) is 0 Å². The Bertz CT molecular complexity index is 537. The van der Waals surface area contributed by atoms with E-state index < -0.39 is 0 Å². The van der Waals surface area contributed by atoms with Gasteiger partial charge in [-0.15, -0.1) is 0 Å². The van der Waals surface area contributed by atoms with Crippen LogP contribution in [0.1, 0.15) is 23.7 Å². The Balaban J connectivity index is 2.34. The summed E-state index contributed by atoms with van der Waals surface area (Å²) < 4.78 is 13.7. The highest BCUT2D eigenvalue weighted by atomic mass is 35.5. The van der Waals surface area contributed by atoms with E-state index in [2.05, 4.69) is 10.2 Å². The highest BCUT2D eigenvalue weighted by Crippen LogP contribution is 2.22. The number of nitrogens with one attached hydrogen (secondary N) is 1. The highest BCUT2D eigenvalue weighted by Gasteiger charge is 2.12. The zero-order valence-corrected chi connectivity index (χ0v) is 10.2. The lowest BCUT2D eigenvalue weighted by molar-refractivity contribution is 0.614. The monoisotopic (exact) mass is 253 g/mol. The Morgan fingerprint density at radius 1 is 1.47 bits per heavy atom. The van der Waals surface area contributed by atoms with Crippen molar-refractivity contribution < 1.29 is 4.39 Å². The second kappa shape index (κ2) is 4.75. The number of hydrogen-bond acceptors (Lipinski definition) is 2. The van der Waals surface area contributed by atoms with E-state index in [9.17, 15) is 4.39 Å². The van der Waals surface area contributed by atoms with Crippen LogP contribution in [0.5, 0.6) is 0 Å². The van der Waals surface area contributed by atoms with Crippen LogP contribution in [0.2, 0.25) is 5.02 Å². The summed E-state index contributed by atoms with van der Waals surface area (Å²) in [5.41, 5.74) is 8.07. The molecule has 3 nitrogen and oxygen atoms in total. The van der Waals surface area contributed by atoms with Crippen LogP contribution in [0.3, 0.4) is 0 Å². The van der Waals surface area contributed by atoms with Gasteiger partial charge in [0.25, 0.3) is 0 Å². The lowest BCUT2D eigenvalue weighted by Gasteiger charge is -2.04. The van der Waals surface area contributed by atoms with Crippen LogP contribution in [0.15, 0.2) is 18.2 Å². The molecule has 0 aliphatic carbocycles. The molecule has 0 bridgehead atoms. The number of anilines is 1. The van der Waals surface area contributed by atoms with Gasteiger partial charge in [0.15, 0.2) is 0 Å². The molecule has 3 N–H and O–H groups in total. The fourth-order valence-corrected chi connectivity index (χ4v) is 1.92. The van der Waals surface area contributed by atoms with Gasteiger partial charge in [-0.25, -0.2) is 4.39 Å². The zero-order chi connectivity index (χ0) is 12.4. The smallest absolute Gasteiger partial charge is 0.128 e. The number of hydrogen-bond donors (Lipinski definition) is 2. The number of nitrogen functional groups attached to an aromatic ring is 1. The highest BCUT2D eigenvalue weighted by molar-refractivity contribution is 6.30. The molecule has 0 aliphatic rings. The van der Waals surface area contributed by atoms with Crippen molar-refractivity contribution >= 4 is 17.4 Å². The maximum atomic E-state index is 13.7. The zero-order valence-electron chi connectivity index (χ0n) is 9.43. The van der Waals surface area contributed by atoms with E-state index >= 15 is 0 Å². The van der Waals surface area contributed by atoms with Crippen LogP contribution in [-0.2, 0) is 12.8 Å². The standard InChI is InChI=1S/C12H13ClFN3/c1-2-11-9(12(15)17-16-11)5-7-3-4-8(13)6-10(7)14/h3-4,6H,2,5H2,1H3,(H3,15,16,17). The molecule has 0 aliphatic heterocycles. The van der Waals surface area contributed by atoms with Gasteiger partial charge < -0.3 is 5.73 Å². The molecule has 0 amide bonds. The first-order valence-electron chi connectivity index (χ1n) is 5.37. The summed E-state index contributed by atoms with van der Waals surface area (Å²) >= 11 is 5.71. The minimum absolute atomic E-state index is 0.319. The Morgan fingerprint density at radius 3 is 2.88 bits per heavy atom. The van der Waals surface area contributed by atoms with E-state index in [1.165, 1.54) is 6.07 Å². The second-order valence-electron chi connectivity index (χ2n) is 3.83. The molecule has 0 unspecified atom stereocenters. The predicted octanol–water partition coefficient (Wildman–Crippen LogP) is 2.94. The third kappa shape index (κ3) is 2.42. The van der Waals surface area contributed by atoms with Gasteiger partial charge in [0.2, 0.25) is 0 Å². The number of aryl methyl sites for hydroxylation is 1. The topological polar surface area (TPSA) is 54.7 Å². The normalized spacial score (nSPS) is 10.8. The van der Waals surface area contributed by atoms with E-state index in [1.54, 1.807) is 12.1 Å². The molecule has 1 aromatic heterocycles. The third-order valence-electron chi connectivity index (χ3n) is 2.70. The minimum atomic E-state index is -0.319. The fourth-order valence-electron chi connectivity index (χ4n) is 1.76. The molecule has 17 heavy (non-hydrogen) atoms. The van der Waals surface area contributed by atoms with Crippen molar-refractivity contribution in [1.82, 2.24) is 10.2 Å². The molecule has 0 radical (unpaired) electrons. The van der Waals surface area contributed by atoms with Crippen molar-refractivity contribution in [2.24, 2.45) is 0 Å². The molecule has 1 aromatic carbocycles. The quantitative estimate of drug-likeness (QED) is 0.884. The molecule has 5 heteroatoms. The minimum Gasteiger partial charge on any atom is -0.384 e. The van der Waals surface area contributed by atoms with Crippen LogP contribution in [-0.4, -0.2) is 10.2 Å². The molecule has 0 atom stereocenters. The summed E-state index contributed by atoms with van der Waals surface area (Å²) in [5.74, 6) is 0.177. The van der Waals surface area contributed by atoms with Crippen LogP contribution < -0.4 is 5.73 Å². The summed E-state index contributed by atoms with van der Waals surface area (Å²) in [4.78, 5) is 0. The molecule has 0 spiro atoms. The number of H-pyrrole nitrogens is 1. The van der Waals surface area contributed by atoms with E-state index in [4.69, 9.17) is 17.3 Å². The summed E-state index contributed by atoms with van der Waals surface area (Å²) in [5, 5.41) is 7.19. The van der Waals surface area contributed by atoms with E-state index in [0.717, 1.165) is 17.7 Å². The number of aromatic nitrogens is 2. The molecule has 90 valence electrons. The largest absolute Gasteiger partial charge is 0.384 e. The Morgan fingerprint density at radius 2 is 2.24 bits per heavy atom. The van der Waals surface area contributed by atoms with Crippen molar-refractivity contribution in [1.29, 1.82) is 0 Å². The van der Waals surface area contributed by atoms with Crippen LogP contribution >= 0.6 is 11.6 Å². The maximum Gasteiger partial charge on any atom is 0.128 e. The van der Waals surface area contributed by atoms with Crippen LogP contribution in [0.25, 0.3) is 0 Å². The van der Waals surface area contributed by atoms with Crippen molar-refractivity contribution in [3.05, 3.63) is 45.9 Å². The number of nitrogens with two attached hydrogens (primary N) is 1. The van der Waals surface area contributed by atoms with Crippen molar-refractivity contribution in [2.75, 3.05) is 5.73 Å². The van der Waals surface area contributed by atoms with E-state index in [0.29, 0.717) is 22.8 Å². The van der Waals surface area contributed by atoms with Gasteiger partial charge in [-0.1, -0.05) is 24.6 Å². The van der Waals surface area contributed by atoms with Gasteiger partial charge in [0.1, 0.15) is 11.6 Å². The Hall–Kier alpha value is -1.55. The Labute approximate surface area is 104 Å². The van der Waals surface area contributed by atoms with Crippen LogP contribution in [0.4, 0.5) is 10.2 Å². The van der Waals surface area contributed by atoms with Gasteiger partial charge in [0.05, 0.1) is 5.69 Å². The molecule has 2 rings (SSSR count). The first-order valence-corrected chi connectivity index (χ1v) is 5.75. The SMILES string of the molecule is CCc1n[nH]c(N)c1Cc1ccc(Cl)cc1F. The summed E-state index contributed by atoms with van der Waals surface area (Å²) in [6, 6.07) is 4.64. The van der Waals surface area contributed by atoms with Gasteiger partial charge in [-0.05, 0) is 24.1 Å². The van der Waals surface area contributed by atoms with Gasteiger partial charge in [0, 0.05) is 17.0 Å². The summed E-state index contributed by atoms with van der Waals surface area (Å²) in [6.07, 6.45) is 1.19. The van der Waals surface area contributed by atoms with Crippen molar-refractivity contribution in [2.45, 2.75) is 19.8 Å². The summed E-state index contributed by atoms with van der Waals surface area (Å²) in [7, 11) is 0. The van der Waals surface area contributed by atoms with E-state index in [-0.39, 0.29) is 5.82 Å². The maximum absolute atomic E-state index is 13.7. The first-order chi connectivity index (χ1) is 8.11. The first kappa shape index (κ1) is 11.9. The van der Waals surface area contributed by atoms with Crippen molar-refractivity contribution in [3.8, 4) is 0 Å². The molecule has 1 heterocycles. The molecular weight excluding hydrogens is 241 g/mol. The van der Waals surface area contributed by atoms with Crippen LogP contribution in [0, 0.1) is 5.82 Å². The lowest BCUT2D eigenvalue weighted by Crippen LogP contribution is -1.98. The van der Waals surface area contributed by atoms with E-state index in [1.807, 2.05) is 6.92 Å². The van der Waals surface area contributed by atoms with Gasteiger partial charge in [-0.3, -0.25) is 5.10 Å². The molecule has 0 fully saturated rings. The summed E-state index contributed by atoms with van der Waals surface area (Å²) in [6.45, 7) is 1.98. The second-order valence-corrected chi connectivity index (χ2v) is 4.27. The Kier molecular flexibility index (Phi) is 3.33. The average molecular weight is 254 g/mol.